The largest absolute Gasteiger partial charge is 0.480 e. The average Bonchev–Trinajstić information content (AvgIpc) is 3.10. The maximum atomic E-state index is 12.0. The Morgan fingerprint density at radius 3 is 2.67 bits per heavy atom. The van der Waals surface area contributed by atoms with Crippen molar-refractivity contribution in [3.63, 3.8) is 0 Å². The molecule has 3 N–H and O–H groups in total. The van der Waals surface area contributed by atoms with Crippen molar-refractivity contribution in [1.82, 2.24) is 25.7 Å². The van der Waals surface area contributed by atoms with Crippen molar-refractivity contribution in [2.75, 3.05) is 13.1 Å². The van der Waals surface area contributed by atoms with Crippen molar-refractivity contribution >= 4 is 23.3 Å². The fourth-order valence-corrected chi connectivity index (χ4v) is 3.88. The van der Waals surface area contributed by atoms with Crippen molar-refractivity contribution in [3.05, 3.63) is 35.3 Å². The Bertz CT molecular complexity index is 776. The number of carboxylic acids is 1. The highest BCUT2D eigenvalue weighted by Gasteiger charge is 2.34. The quantitative estimate of drug-likeness (QED) is 0.637. The van der Waals surface area contributed by atoms with Crippen LogP contribution in [0.1, 0.15) is 24.8 Å². The van der Waals surface area contributed by atoms with Gasteiger partial charge < -0.3 is 15.7 Å². The van der Waals surface area contributed by atoms with Crippen LogP contribution in [0.2, 0.25) is 0 Å². The van der Waals surface area contributed by atoms with E-state index in [1.807, 2.05) is 42.2 Å². The number of amides is 2. The van der Waals surface area contributed by atoms with Crippen molar-refractivity contribution in [3.8, 4) is 10.6 Å². The zero-order valence-corrected chi connectivity index (χ0v) is 15.9. The molecular formula is C18H23N5O3S. The topological polar surface area (TPSA) is 107 Å². The first-order valence-corrected chi connectivity index (χ1v) is 9.74. The minimum Gasteiger partial charge on any atom is -0.480 e. The maximum Gasteiger partial charge on any atom is 0.317 e. The Kier molecular flexibility index (Phi) is 6.36. The number of nitrogens with one attached hydrogen (secondary N) is 2. The van der Waals surface area contributed by atoms with Crippen LogP contribution in [0.5, 0.6) is 0 Å². The van der Waals surface area contributed by atoms with Gasteiger partial charge in [0.05, 0.1) is 13.1 Å². The molecule has 0 saturated heterocycles. The van der Waals surface area contributed by atoms with E-state index in [0.717, 1.165) is 28.4 Å². The van der Waals surface area contributed by atoms with Crippen LogP contribution in [0, 0.1) is 0 Å². The number of likely N-dealkylation sites (N-methyl/N-ethyl adjacent to an activating group) is 1. The van der Waals surface area contributed by atoms with Gasteiger partial charge in [0.1, 0.15) is 10.0 Å². The third-order valence-electron chi connectivity index (χ3n) is 4.60. The minimum absolute atomic E-state index is 0.0425. The summed E-state index contributed by atoms with van der Waals surface area (Å²) in [6, 6.07) is 9.84. The fraction of sp³-hybridized carbons (Fsp3) is 0.444. The lowest BCUT2D eigenvalue weighted by Crippen LogP contribution is -2.56. The molecule has 27 heavy (non-hydrogen) atoms. The molecule has 2 aromatic rings. The zero-order chi connectivity index (χ0) is 19.2. The van der Waals surface area contributed by atoms with E-state index in [0.29, 0.717) is 13.1 Å². The summed E-state index contributed by atoms with van der Waals surface area (Å²) >= 11 is 1.45. The summed E-state index contributed by atoms with van der Waals surface area (Å²) in [6.45, 7) is 3.01. The summed E-state index contributed by atoms with van der Waals surface area (Å²) in [4.78, 5) is 24.8. The third kappa shape index (κ3) is 5.24. The van der Waals surface area contributed by atoms with Crippen LogP contribution in [-0.2, 0) is 11.3 Å². The van der Waals surface area contributed by atoms with Gasteiger partial charge in [-0.05, 0) is 19.4 Å². The first kappa shape index (κ1) is 19.2. The molecule has 1 aromatic carbocycles. The van der Waals surface area contributed by atoms with Gasteiger partial charge in [-0.1, -0.05) is 48.6 Å². The number of carbonyl (C=O) groups is 2. The molecule has 1 saturated carbocycles. The lowest BCUT2D eigenvalue weighted by atomic mass is 9.85. The number of rotatable bonds is 8. The molecule has 1 aliphatic carbocycles. The van der Waals surface area contributed by atoms with Gasteiger partial charge in [-0.3, -0.25) is 9.69 Å². The van der Waals surface area contributed by atoms with Gasteiger partial charge in [0, 0.05) is 17.6 Å². The molecule has 0 atom stereocenters. The second kappa shape index (κ2) is 8.92. The van der Waals surface area contributed by atoms with E-state index >= 15 is 0 Å². The highest BCUT2D eigenvalue weighted by molar-refractivity contribution is 7.14. The molecule has 0 unspecified atom stereocenters. The number of hydrogen-bond acceptors (Lipinski definition) is 6. The molecule has 1 aromatic heterocycles. The molecule has 8 nitrogen and oxygen atoms in total. The highest BCUT2D eigenvalue weighted by atomic mass is 32.1. The normalized spacial score (nSPS) is 18.7. The second-order valence-corrected chi connectivity index (χ2v) is 7.54. The lowest BCUT2D eigenvalue weighted by Gasteiger charge is -2.42. The molecule has 0 radical (unpaired) electrons. The van der Waals surface area contributed by atoms with Crippen LogP contribution in [0.3, 0.4) is 0 Å². The van der Waals surface area contributed by atoms with E-state index in [9.17, 15) is 9.59 Å². The molecule has 1 heterocycles. The van der Waals surface area contributed by atoms with Gasteiger partial charge in [-0.2, -0.15) is 0 Å². The molecule has 0 spiro atoms. The molecule has 3 rings (SSSR count). The summed E-state index contributed by atoms with van der Waals surface area (Å²) in [5.41, 5.74) is 1.01. The number of carbonyl (C=O) groups excluding carboxylic acids is 1. The van der Waals surface area contributed by atoms with Crippen molar-refractivity contribution in [2.45, 2.75) is 38.4 Å². The monoisotopic (exact) mass is 389 g/mol. The third-order valence-corrected chi connectivity index (χ3v) is 5.57. The maximum absolute atomic E-state index is 12.0. The summed E-state index contributed by atoms with van der Waals surface area (Å²) in [6.07, 6.45) is 1.54. The highest BCUT2D eigenvalue weighted by Crippen LogP contribution is 2.25. The van der Waals surface area contributed by atoms with E-state index in [2.05, 4.69) is 20.8 Å². The van der Waals surface area contributed by atoms with Gasteiger partial charge in [0.2, 0.25) is 0 Å². The summed E-state index contributed by atoms with van der Waals surface area (Å²) < 4.78 is 0. The number of nitrogens with zero attached hydrogens (tertiary/aromatic N) is 3. The molecule has 1 fully saturated rings. The van der Waals surface area contributed by atoms with Gasteiger partial charge in [-0.25, -0.2) is 4.79 Å². The van der Waals surface area contributed by atoms with Crippen molar-refractivity contribution in [2.24, 2.45) is 0 Å². The average molecular weight is 389 g/mol. The molecule has 0 aliphatic heterocycles. The van der Waals surface area contributed by atoms with Gasteiger partial charge in [0.15, 0.2) is 0 Å². The number of urea groups is 1. The molecular weight excluding hydrogens is 366 g/mol. The van der Waals surface area contributed by atoms with E-state index in [1.54, 1.807) is 0 Å². The SMILES string of the molecule is CCN(CC(=O)O)C1CC(NC(=O)NCc2nnc(-c3ccccc3)s2)C1. The minimum atomic E-state index is -0.821. The van der Waals surface area contributed by atoms with Gasteiger partial charge in [0.25, 0.3) is 0 Å². The zero-order valence-electron chi connectivity index (χ0n) is 15.1. The molecule has 0 bridgehead atoms. The lowest BCUT2D eigenvalue weighted by molar-refractivity contribution is -0.139. The van der Waals surface area contributed by atoms with Crippen LogP contribution in [0.25, 0.3) is 10.6 Å². The smallest absolute Gasteiger partial charge is 0.317 e. The Hall–Kier alpha value is -2.52. The van der Waals surface area contributed by atoms with E-state index in [-0.39, 0.29) is 24.7 Å². The number of aromatic nitrogens is 2. The number of hydrogen-bond donors (Lipinski definition) is 3. The van der Waals surface area contributed by atoms with E-state index < -0.39 is 5.97 Å². The van der Waals surface area contributed by atoms with Crippen LogP contribution < -0.4 is 10.6 Å². The Balaban J connectivity index is 1.40. The van der Waals surface area contributed by atoms with Crippen LogP contribution >= 0.6 is 11.3 Å². The number of aliphatic carboxylic acids is 1. The molecule has 144 valence electrons. The Morgan fingerprint density at radius 2 is 2.00 bits per heavy atom. The fourth-order valence-electron chi connectivity index (χ4n) is 3.09. The van der Waals surface area contributed by atoms with Gasteiger partial charge >= 0.3 is 12.0 Å². The predicted molar refractivity (Wildman–Crippen MR) is 102 cm³/mol. The first-order valence-electron chi connectivity index (χ1n) is 8.93. The number of benzene rings is 1. The first-order chi connectivity index (χ1) is 13.0. The van der Waals surface area contributed by atoms with Crippen LogP contribution in [-0.4, -0.2) is 57.4 Å². The van der Waals surface area contributed by atoms with E-state index in [4.69, 9.17) is 5.11 Å². The number of carboxylic acid groups (broad SMARTS) is 1. The second-order valence-electron chi connectivity index (χ2n) is 6.47. The summed E-state index contributed by atoms with van der Waals surface area (Å²) in [7, 11) is 0. The van der Waals surface area contributed by atoms with E-state index in [1.165, 1.54) is 11.3 Å². The summed E-state index contributed by atoms with van der Waals surface area (Å²) in [5, 5.41) is 24.5. The van der Waals surface area contributed by atoms with Crippen LogP contribution in [0.4, 0.5) is 4.79 Å². The van der Waals surface area contributed by atoms with Crippen molar-refractivity contribution < 1.29 is 14.7 Å². The molecule has 2 amide bonds. The van der Waals surface area contributed by atoms with Crippen LogP contribution in [0.15, 0.2) is 30.3 Å². The molecule has 9 heteroatoms. The standard InChI is InChI=1S/C18H23N5O3S/c1-2-23(11-16(24)25)14-8-13(9-14)20-18(26)19-10-15-21-22-17(27-15)12-6-4-3-5-7-12/h3-7,13-14H,2,8-11H2,1H3,(H,24,25)(H2,19,20,26). The Morgan fingerprint density at radius 1 is 1.26 bits per heavy atom. The van der Waals surface area contributed by atoms with Gasteiger partial charge in [-0.15, -0.1) is 10.2 Å². The molecule has 1 aliphatic rings. The van der Waals surface area contributed by atoms with Crippen molar-refractivity contribution in [1.29, 1.82) is 0 Å². The predicted octanol–water partition coefficient (Wildman–Crippen LogP) is 1.94. The Labute approximate surface area is 161 Å². The summed E-state index contributed by atoms with van der Waals surface area (Å²) in [5.74, 6) is -0.821.